The highest BCUT2D eigenvalue weighted by atomic mass is 19.4. The lowest BCUT2D eigenvalue weighted by atomic mass is 9.96. The summed E-state index contributed by atoms with van der Waals surface area (Å²) in [7, 11) is 0. The standard InChI is InChI=1S/C21H23F4NO2/c1-14(16-6-8-18(9-7-16)21(23,24)25)10-20(28)26-12-15(13-27)11-17-4-2-3-5-19(17)22/h2-9,14-15,27H,10-13H2,1H3,(H,26,28). The maximum absolute atomic E-state index is 13.7. The van der Waals surface area contributed by atoms with E-state index in [4.69, 9.17) is 0 Å². The zero-order valence-electron chi connectivity index (χ0n) is 15.5. The molecule has 0 bridgehead atoms. The van der Waals surface area contributed by atoms with Crippen LogP contribution in [-0.4, -0.2) is 24.2 Å². The first-order valence-corrected chi connectivity index (χ1v) is 8.98. The summed E-state index contributed by atoms with van der Waals surface area (Å²) in [6, 6.07) is 11.0. The number of carbonyl (C=O) groups excluding carboxylic acids is 1. The fourth-order valence-electron chi connectivity index (χ4n) is 2.90. The van der Waals surface area contributed by atoms with Crippen molar-refractivity contribution in [2.45, 2.75) is 31.9 Å². The Morgan fingerprint density at radius 3 is 2.32 bits per heavy atom. The quantitative estimate of drug-likeness (QED) is 0.653. The van der Waals surface area contributed by atoms with Crippen LogP contribution in [0.4, 0.5) is 17.6 Å². The number of halogens is 4. The van der Waals surface area contributed by atoms with E-state index in [1.54, 1.807) is 25.1 Å². The molecule has 0 saturated carbocycles. The van der Waals surface area contributed by atoms with E-state index in [1.807, 2.05) is 0 Å². The lowest BCUT2D eigenvalue weighted by Gasteiger charge is -2.17. The van der Waals surface area contributed by atoms with Crippen molar-refractivity contribution in [3.63, 3.8) is 0 Å². The van der Waals surface area contributed by atoms with Gasteiger partial charge in [0.15, 0.2) is 0 Å². The first-order chi connectivity index (χ1) is 13.2. The van der Waals surface area contributed by atoms with Crippen LogP contribution in [0.3, 0.4) is 0 Å². The highest BCUT2D eigenvalue weighted by molar-refractivity contribution is 5.76. The Balaban J connectivity index is 1.86. The van der Waals surface area contributed by atoms with Crippen LogP contribution in [0, 0.1) is 11.7 Å². The molecule has 0 aromatic heterocycles. The van der Waals surface area contributed by atoms with E-state index in [9.17, 15) is 27.5 Å². The van der Waals surface area contributed by atoms with Gasteiger partial charge in [0, 0.05) is 25.5 Å². The van der Waals surface area contributed by atoms with Crippen molar-refractivity contribution in [1.82, 2.24) is 5.32 Å². The SMILES string of the molecule is CC(CC(=O)NCC(CO)Cc1ccccc1F)c1ccc(C(F)(F)F)cc1. The van der Waals surface area contributed by atoms with Crippen LogP contribution in [0.15, 0.2) is 48.5 Å². The monoisotopic (exact) mass is 397 g/mol. The van der Waals surface area contributed by atoms with Crippen LogP contribution in [-0.2, 0) is 17.4 Å². The molecule has 3 nitrogen and oxygen atoms in total. The van der Waals surface area contributed by atoms with Crippen molar-refractivity contribution in [3.8, 4) is 0 Å². The molecule has 0 aliphatic heterocycles. The van der Waals surface area contributed by atoms with E-state index in [-0.39, 0.29) is 49.6 Å². The minimum Gasteiger partial charge on any atom is -0.396 e. The number of rotatable bonds is 8. The predicted octanol–water partition coefficient (Wildman–Crippen LogP) is 4.31. The minimum absolute atomic E-state index is 0.100. The van der Waals surface area contributed by atoms with Gasteiger partial charge < -0.3 is 10.4 Å². The van der Waals surface area contributed by atoms with Crippen molar-refractivity contribution < 1.29 is 27.5 Å². The zero-order chi connectivity index (χ0) is 20.7. The molecular weight excluding hydrogens is 374 g/mol. The zero-order valence-corrected chi connectivity index (χ0v) is 15.5. The number of hydrogen-bond acceptors (Lipinski definition) is 2. The van der Waals surface area contributed by atoms with E-state index in [0.29, 0.717) is 11.1 Å². The first kappa shape index (κ1) is 21.9. The van der Waals surface area contributed by atoms with Crippen LogP contribution in [0.1, 0.15) is 36.0 Å². The molecule has 2 aromatic rings. The third kappa shape index (κ3) is 6.34. The second-order valence-electron chi connectivity index (χ2n) is 6.87. The molecule has 2 unspecified atom stereocenters. The van der Waals surface area contributed by atoms with Crippen LogP contribution < -0.4 is 5.32 Å². The molecule has 28 heavy (non-hydrogen) atoms. The molecular formula is C21H23F4NO2. The van der Waals surface area contributed by atoms with Gasteiger partial charge in [-0.15, -0.1) is 0 Å². The topological polar surface area (TPSA) is 49.3 Å². The Hall–Kier alpha value is -2.41. The van der Waals surface area contributed by atoms with Crippen molar-refractivity contribution in [2.24, 2.45) is 5.92 Å². The van der Waals surface area contributed by atoms with Gasteiger partial charge in [-0.1, -0.05) is 37.3 Å². The van der Waals surface area contributed by atoms with Gasteiger partial charge in [0.2, 0.25) is 5.91 Å². The summed E-state index contributed by atoms with van der Waals surface area (Å²) < 4.78 is 51.5. The number of alkyl halides is 3. The molecule has 2 atom stereocenters. The number of carbonyl (C=O) groups is 1. The fourth-order valence-corrected chi connectivity index (χ4v) is 2.90. The Labute approximate surface area is 161 Å². The van der Waals surface area contributed by atoms with Gasteiger partial charge in [-0.25, -0.2) is 4.39 Å². The number of benzene rings is 2. The average molecular weight is 397 g/mol. The molecule has 2 N–H and O–H groups in total. The largest absolute Gasteiger partial charge is 0.416 e. The Morgan fingerprint density at radius 2 is 1.75 bits per heavy atom. The van der Waals surface area contributed by atoms with E-state index in [0.717, 1.165) is 12.1 Å². The minimum atomic E-state index is -4.39. The fraction of sp³-hybridized carbons (Fsp3) is 0.381. The molecule has 7 heteroatoms. The molecule has 0 radical (unpaired) electrons. The summed E-state index contributed by atoms with van der Waals surface area (Å²) in [5.74, 6) is -1.23. The van der Waals surface area contributed by atoms with Gasteiger partial charge in [0.1, 0.15) is 5.82 Å². The van der Waals surface area contributed by atoms with E-state index in [1.165, 1.54) is 18.2 Å². The second-order valence-corrected chi connectivity index (χ2v) is 6.87. The van der Waals surface area contributed by atoms with E-state index >= 15 is 0 Å². The smallest absolute Gasteiger partial charge is 0.396 e. The Bertz CT molecular complexity index is 775. The van der Waals surface area contributed by atoms with Crippen molar-refractivity contribution in [1.29, 1.82) is 0 Å². The van der Waals surface area contributed by atoms with Crippen LogP contribution in [0.2, 0.25) is 0 Å². The van der Waals surface area contributed by atoms with Crippen molar-refractivity contribution in [2.75, 3.05) is 13.2 Å². The Kier molecular flexibility index (Phi) is 7.57. The number of aliphatic hydroxyl groups excluding tert-OH is 1. The lowest BCUT2D eigenvalue weighted by Crippen LogP contribution is -2.32. The first-order valence-electron chi connectivity index (χ1n) is 8.98. The molecule has 0 fully saturated rings. The van der Waals surface area contributed by atoms with Gasteiger partial charge in [-0.3, -0.25) is 4.79 Å². The summed E-state index contributed by atoms with van der Waals surface area (Å²) in [5, 5.41) is 12.2. The molecule has 0 aliphatic carbocycles. The number of nitrogens with one attached hydrogen (secondary N) is 1. The normalized spacial score (nSPS) is 13.8. The molecule has 2 aromatic carbocycles. The van der Waals surface area contributed by atoms with Gasteiger partial charge in [-0.05, 0) is 41.7 Å². The molecule has 152 valence electrons. The molecule has 1 amide bonds. The molecule has 2 rings (SSSR count). The predicted molar refractivity (Wildman–Crippen MR) is 98.2 cm³/mol. The maximum atomic E-state index is 13.7. The van der Waals surface area contributed by atoms with Crippen LogP contribution in [0.5, 0.6) is 0 Å². The van der Waals surface area contributed by atoms with Crippen molar-refractivity contribution in [3.05, 3.63) is 71.0 Å². The number of aliphatic hydroxyl groups is 1. The van der Waals surface area contributed by atoms with Gasteiger partial charge in [0.25, 0.3) is 0 Å². The average Bonchev–Trinajstić information content (AvgIpc) is 2.66. The van der Waals surface area contributed by atoms with Crippen LogP contribution in [0.25, 0.3) is 0 Å². The molecule has 0 heterocycles. The summed E-state index contributed by atoms with van der Waals surface area (Å²) >= 11 is 0. The third-order valence-electron chi connectivity index (χ3n) is 4.61. The van der Waals surface area contributed by atoms with E-state index in [2.05, 4.69) is 5.32 Å². The summed E-state index contributed by atoms with van der Waals surface area (Å²) in [6.45, 7) is 1.73. The summed E-state index contributed by atoms with van der Waals surface area (Å²) in [4.78, 5) is 12.1. The van der Waals surface area contributed by atoms with Gasteiger partial charge >= 0.3 is 6.18 Å². The summed E-state index contributed by atoms with van der Waals surface area (Å²) in [5.41, 5.74) is 0.369. The molecule has 0 aliphatic rings. The van der Waals surface area contributed by atoms with Crippen LogP contribution >= 0.6 is 0 Å². The number of hydrogen-bond donors (Lipinski definition) is 2. The number of amides is 1. The highest BCUT2D eigenvalue weighted by Gasteiger charge is 2.30. The van der Waals surface area contributed by atoms with E-state index < -0.39 is 11.7 Å². The van der Waals surface area contributed by atoms with Gasteiger partial charge in [-0.2, -0.15) is 13.2 Å². The third-order valence-corrected chi connectivity index (χ3v) is 4.61. The summed E-state index contributed by atoms with van der Waals surface area (Å²) in [6.07, 6.45) is -4.00. The second kappa shape index (κ2) is 9.68. The molecule has 0 saturated heterocycles. The Morgan fingerprint density at radius 1 is 1.11 bits per heavy atom. The molecule has 0 spiro atoms. The highest BCUT2D eigenvalue weighted by Crippen LogP contribution is 2.30. The van der Waals surface area contributed by atoms with Gasteiger partial charge in [0.05, 0.1) is 5.56 Å². The van der Waals surface area contributed by atoms with Crippen molar-refractivity contribution >= 4 is 5.91 Å². The maximum Gasteiger partial charge on any atom is 0.416 e. The lowest BCUT2D eigenvalue weighted by molar-refractivity contribution is -0.137.